The van der Waals surface area contributed by atoms with Crippen LogP contribution in [0.5, 0.6) is 0 Å². The first-order valence-electron chi connectivity index (χ1n) is 3.68. The van der Waals surface area contributed by atoms with Gasteiger partial charge < -0.3 is 11.5 Å². The first-order valence-corrected chi connectivity index (χ1v) is 3.68. The highest BCUT2D eigenvalue weighted by molar-refractivity contribution is 5.79. The van der Waals surface area contributed by atoms with Gasteiger partial charge in [-0.2, -0.15) is 0 Å². The predicted octanol–water partition coefficient (Wildman–Crippen LogP) is -0.150. The number of amides is 1. The highest BCUT2D eigenvalue weighted by Gasteiger charge is 2.09. The summed E-state index contributed by atoms with van der Waals surface area (Å²) in [7, 11) is 0. The van der Waals surface area contributed by atoms with Crippen molar-refractivity contribution < 1.29 is 4.79 Å². The molecule has 0 fully saturated rings. The zero-order chi connectivity index (χ0) is 8.69. The maximum atomic E-state index is 10.6. The number of nitrogens with two attached hydrogens (primary N) is 2. The van der Waals surface area contributed by atoms with Crippen molar-refractivity contribution in [3.63, 3.8) is 0 Å². The van der Waals surface area contributed by atoms with E-state index < -0.39 is 11.8 Å². The average molecular weight is 154 g/mol. The predicted molar refractivity (Wildman–Crippen MR) is 44.4 cm³/mol. The molecular formula is C8H14N2O. The first kappa shape index (κ1) is 9.99. The Hall–Kier alpha value is -1.01. The van der Waals surface area contributed by atoms with Crippen LogP contribution in [0.15, 0.2) is 0 Å². The summed E-state index contributed by atoms with van der Waals surface area (Å²) < 4.78 is 0. The van der Waals surface area contributed by atoms with E-state index in [2.05, 4.69) is 5.92 Å². The number of unbranched alkanes of at least 4 members (excludes halogenated alkanes) is 1. The molecule has 0 heterocycles. The first-order chi connectivity index (χ1) is 5.22. The Kier molecular flexibility index (Phi) is 5.22. The van der Waals surface area contributed by atoms with Crippen LogP contribution in [0.2, 0.25) is 0 Å². The summed E-state index contributed by atoms with van der Waals surface area (Å²) in [5.74, 6) is 1.52. The van der Waals surface area contributed by atoms with Gasteiger partial charge in [0.05, 0.1) is 5.92 Å². The van der Waals surface area contributed by atoms with E-state index >= 15 is 0 Å². The van der Waals surface area contributed by atoms with E-state index in [9.17, 15) is 4.79 Å². The van der Waals surface area contributed by atoms with Crippen LogP contribution in [0.1, 0.15) is 19.3 Å². The summed E-state index contributed by atoms with van der Waals surface area (Å²) in [4.78, 5) is 10.6. The molecule has 0 bridgehead atoms. The largest absolute Gasteiger partial charge is 0.369 e. The van der Waals surface area contributed by atoms with Crippen molar-refractivity contribution in [2.45, 2.75) is 19.3 Å². The number of carbonyl (C=O) groups is 1. The molecule has 62 valence electrons. The summed E-state index contributed by atoms with van der Waals surface area (Å²) in [6, 6.07) is 0. The summed E-state index contributed by atoms with van der Waals surface area (Å²) in [6.45, 7) is 0.635. The molecule has 0 saturated carbocycles. The van der Waals surface area contributed by atoms with E-state index in [0.29, 0.717) is 13.0 Å². The van der Waals surface area contributed by atoms with Gasteiger partial charge in [0.2, 0.25) is 5.91 Å². The Morgan fingerprint density at radius 3 is 2.55 bits per heavy atom. The molecule has 0 aliphatic carbocycles. The third kappa shape index (κ3) is 4.40. The Morgan fingerprint density at radius 1 is 1.55 bits per heavy atom. The van der Waals surface area contributed by atoms with E-state index in [-0.39, 0.29) is 0 Å². The van der Waals surface area contributed by atoms with E-state index in [0.717, 1.165) is 12.8 Å². The standard InChI is InChI=1S/C8H14N2O/c1-2-7(8(10)11)5-3-4-6-9/h1,7H,3-6,9H2,(H2,10,11). The van der Waals surface area contributed by atoms with Gasteiger partial charge in [0.15, 0.2) is 0 Å². The molecule has 0 rings (SSSR count). The maximum absolute atomic E-state index is 10.6. The summed E-state index contributed by atoms with van der Waals surface area (Å²) >= 11 is 0. The molecule has 0 aromatic rings. The van der Waals surface area contributed by atoms with Gasteiger partial charge in [0.1, 0.15) is 0 Å². The molecule has 1 amide bonds. The third-order valence-electron chi connectivity index (χ3n) is 1.49. The Balaban J connectivity index is 3.55. The van der Waals surface area contributed by atoms with Crippen molar-refractivity contribution in [3.05, 3.63) is 0 Å². The topological polar surface area (TPSA) is 69.1 Å². The van der Waals surface area contributed by atoms with E-state index in [1.54, 1.807) is 0 Å². The normalized spacial score (nSPS) is 12.0. The Morgan fingerprint density at radius 2 is 2.18 bits per heavy atom. The molecule has 4 N–H and O–H groups in total. The van der Waals surface area contributed by atoms with Gasteiger partial charge in [0, 0.05) is 0 Å². The number of rotatable bonds is 5. The summed E-state index contributed by atoms with van der Waals surface area (Å²) in [5.41, 5.74) is 10.3. The van der Waals surface area contributed by atoms with Crippen LogP contribution in [-0.2, 0) is 4.79 Å². The molecule has 1 unspecified atom stereocenters. The number of hydrogen-bond acceptors (Lipinski definition) is 2. The summed E-state index contributed by atoms with van der Waals surface area (Å²) in [6.07, 6.45) is 7.49. The van der Waals surface area contributed by atoms with Gasteiger partial charge in [0.25, 0.3) is 0 Å². The van der Waals surface area contributed by atoms with Crippen molar-refractivity contribution in [2.24, 2.45) is 17.4 Å². The van der Waals surface area contributed by atoms with Gasteiger partial charge in [-0.3, -0.25) is 4.79 Å². The minimum absolute atomic E-state index is 0.412. The second-order valence-electron chi connectivity index (χ2n) is 2.41. The van der Waals surface area contributed by atoms with Crippen LogP contribution in [0, 0.1) is 18.3 Å². The second-order valence-corrected chi connectivity index (χ2v) is 2.41. The fourth-order valence-electron chi connectivity index (χ4n) is 0.801. The lowest BCUT2D eigenvalue weighted by Gasteiger charge is -2.03. The minimum Gasteiger partial charge on any atom is -0.369 e. The van der Waals surface area contributed by atoms with E-state index in [1.807, 2.05) is 0 Å². The van der Waals surface area contributed by atoms with Crippen molar-refractivity contribution in [2.75, 3.05) is 6.54 Å². The van der Waals surface area contributed by atoms with Gasteiger partial charge in [-0.25, -0.2) is 0 Å². The quantitative estimate of drug-likeness (QED) is 0.427. The lowest BCUT2D eigenvalue weighted by Crippen LogP contribution is -2.21. The molecule has 0 spiro atoms. The monoisotopic (exact) mass is 154 g/mol. The fourth-order valence-corrected chi connectivity index (χ4v) is 0.801. The molecule has 0 aromatic carbocycles. The molecule has 0 aliphatic heterocycles. The zero-order valence-electron chi connectivity index (χ0n) is 6.55. The van der Waals surface area contributed by atoms with Crippen LogP contribution in [0.4, 0.5) is 0 Å². The molecular weight excluding hydrogens is 140 g/mol. The summed E-state index contributed by atoms with van der Waals surface area (Å²) in [5, 5.41) is 0. The highest BCUT2D eigenvalue weighted by Crippen LogP contribution is 2.05. The van der Waals surface area contributed by atoms with Crippen molar-refractivity contribution in [1.82, 2.24) is 0 Å². The molecule has 0 aliphatic rings. The van der Waals surface area contributed by atoms with Gasteiger partial charge >= 0.3 is 0 Å². The average Bonchev–Trinajstić information content (AvgIpc) is 1.97. The van der Waals surface area contributed by atoms with Gasteiger partial charge in [-0.15, -0.1) is 6.42 Å². The number of hydrogen-bond donors (Lipinski definition) is 2. The van der Waals surface area contributed by atoms with Crippen LogP contribution < -0.4 is 11.5 Å². The van der Waals surface area contributed by atoms with Crippen molar-refractivity contribution in [3.8, 4) is 12.3 Å². The van der Waals surface area contributed by atoms with Crippen LogP contribution in [0.25, 0.3) is 0 Å². The highest BCUT2D eigenvalue weighted by atomic mass is 16.1. The Labute approximate surface area is 67.1 Å². The van der Waals surface area contributed by atoms with E-state index in [4.69, 9.17) is 17.9 Å². The Bertz CT molecular complexity index is 160. The lowest BCUT2D eigenvalue weighted by molar-refractivity contribution is -0.120. The molecule has 3 nitrogen and oxygen atoms in total. The zero-order valence-corrected chi connectivity index (χ0v) is 6.55. The molecule has 0 saturated heterocycles. The molecule has 0 aromatic heterocycles. The second kappa shape index (κ2) is 5.75. The van der Waals surface area contributed by atoms with Crippen molar-refractivity contribution >= 4 is 5.91 Å². The SMILES string of the molecule is C#CC(CCCCN)C(N)=O. The molecule has 3 heteroatoms. The van der Waals surface area contributed by atoms with Crippen LogP contribution in [0.3, 0.4) is 0 Å². The molecule has 11 heavy (non-hydrogen) atoms. The minimum atomic E-state index is -0.415. The smallest absolute Gasteiger partial charge is 0.232 e. The van der Waals surface area contributed by atoms with Gasteiger partial charge in [-0.1, -0.05) is 12.3 Å². The third-order valence-corrected chi connectivity index (χ3v) is 1.49. The number of terminal acetylenes is 1. The molecule has 0 radical (unpaired) electrons. The number of carbonyl (C=O) groups excluding carboxylic acids is 1. The van der Waals surface area contributed by atoms with Crippen molar-refractivity contribution in [1.29, 1.82) is 0 Å². The fraction of sp³-hybridized carbons (Fsp3) is 0.625. The molecule has 1 atom stereocenters. The van der Waals surface area contributed by atoms with E-state index in [1.165, 1.54) is 0 Å². The van der Waals surface area contributed by atoms with Crippen LogP contribution in [-0.4, -0.2) is 12.5 Å². The number of primary amides is 1. The lowest BCUT2D eigenvalue weighted by atomic mass is 10.0. The van der Waals surface area contributed by atoms with Gasteiger partial charge in [-0.05, 0) is 19.4 Å². The van der Waals surface area contributed by atoms with Crippen LogP contribution >= 0.6 is 0 Å². The maximum Gasteiger partial charge on any atom is 0.232 e.